The van der Waals surface area contributed by atoms with Gasteiger partial charge in [0.1, 0.15) is 0 Å². The van der Waals surface area contributed by atoms with E-state index in [2.05, 4.69) is 4.74 Å². The number of hydrogen-bond donors (Lipinski definition) is 3. The minimum Gasteiger partial charge on any atom is -0.396 e. The Kier molecular flexibility index (Phi) is 6.87. The molecule has 1 heterocycles. The van der Waals surface area contributed by atoms with Gasteiger partial charge in [-0.05, 0) is 6.42 Å². The topological polar surface area (TPSA) is 104 Å². The molecule has 1 rings (SSSR count). The molecule has 0 unspecified atom stereocenters. The van der Waals surface area contributed by atoms with E-state index >= 15 is 0 Å². The van der Waals surface area contributed by atoms with Crippen LogP contribution < -0.4 is 0 Å². The molecule has 16 heavy (non-hydrogen) atoms. The lowest BCUT2D eigenvalue weighted by molar-refractivity contribution is -0.151. The largest absolute Gasteiger partial charge is 0.396 e. The zero-order valence-corrected chi connectivity index (χ0v) is 9.31. The summed E-state index contributed by atoms with van der Waals surface area (Å²) in [6, 6.07) is 0. The van der Waals surface area contributed by atoms with E-state index in [0.29, 0.717) is 6.42 Å². The van der Waals surface area contributed by atoms with E-state index < -0.39 is 17.4 Å². The van der Waals surface area contributed by atoms with Gasteiger partial charge in [0.2, 0.25) is 0 Å². The fourth-order valence-electron chi connectivity index (χ4n) is 0.919. The maximum atomic E-state index is 10.0. The van der Waals surface area contributed by atoms with Gasteiger partial charge in [-0.1, -0.05) is 6.92 Å². The Hall–Kier alpha value is -0.980. The Morgan fingerprint density at radius 2 is 1.44 bits per heavy atom. The molecular formula is C10H18O6. The SMILES string of the molecule is CCC(CO)(CO)CO.O=C1CCC(=O)O1. The molecule has 0 radical (unpaired) electrons. The predicted octanol–water partition coefficient (Wildman–Crippen LogP) is -0.790. The number of hydrogen-bond acceptors (Lipinski definition) is 6. The quantitative estimate of drug-likeness (QED) is 0.435. The highest BCUT2D eigenvalue weighted by Gasteiger charge is 2.24. The van der Waals surface area contributed by atoms with E-state index in [-0.39, 0.29) is 32.7 Å². The molecule has 0 aromatic carbocycles. The van der Waals surface area contributed by atoms with Crippen LogP contribution in [0.5, 0.6) is 0 Å². The number of cyclic esters (lactones) is 2. The molecule has 0 amide bonds. The van der Waals surface area contributed by atoms with Crippen LogP contribution in [0.4, 0.5) is 0 Å². The first-order valence-electron chi connectivity index (χ1n) is 5.09. The van der Waals surface area contributed by atoms with Gasteiger partial charge < -0.3 is 20.1 Å². The van der Waals surface area contributed by atoms with Crippen LogP contribution in [0.25, 0.3) is 0 Å². The molecule has 0 aromatic heterocycles. The maximum absolute atomic E-state index is 10.0. The molecule has 6 nitrogen and oxygen atoms in total. The van der Waals surface area contributed by atoms with Crippen LogP contribution in [-0.4, -0.2) is 47.1 Å². The number of carbonyl (C=O) groups excluding carboxylic acids is 2. The summed E-state index contributed by atoms with van der Waals surface area (Å²) in [6.45, 7) is 1.35. The molecule has 0 aliphatic carbocycles. The van der Waals surface area contributed by atoms with Crippen molar-refractivity contribution in [2.24, 2.45) is 5.41 Å². The first-order valence-corrected chi connectivity index (χ1v) is 5.09. The number of ether oxygens (including phenoxy) is 1. The summed E-state index contributed by atoms with van der Waals surface area (Å²) in [7, 11) is 0. The predicted molar refractivity (Wildman–Crippen MR) is 54.3 cm³/mol. The van der Waals surface area contributed by atoms with Crippen molar-refractivity contribution in [1.29, 1.82) is 0 Å². The van der Waals surface area contributed by atoms with Gasteiger partial charge in [0.15, 0.2) is 0 Å². The Morgan fingerprint density at radius 3 is 1.50 bits per heavy atom. The molecule has 0 atom stereocenters. The first kappa shape index (κ1) is 15.0. The monoisotopic (exact) mass is 234 g/mol. The van der Waals surface area contributed by atoms with Gasteiger partial charge in [0.25, 0.3) is 0 Å². The molecule has 1 aliphatic heterocycles. The van der Waals surface area contributed by atoms with Crippen molar-refractivity contribution < 1.29 is 29.6 Å². The van der Waals surface area contributed by atoms with Crippen LogP contribution in [0.3, 0.4) is 0 Å². The summed E-state index contributed by atoms with van der Waals surface area (Å²) in [5, 5.41) is 26.0. The second kappa shape index (κ2) is 7.32. The molecule has 0 bridgehead atoms. The number of aliphatic hydroxyl groups excluding tert-OH is 3. The second-order valence-electron chi connectivity index (χ2n) is 3.67. The van der Waals surface area contributed by atoms with Crippen molar-refractivity contribution >= 4 is 11.9 Å². The fourth-order valence-corrected chi connectivity index (χ4v) is 0.919. The molecule has 0 saturated carbocycles. The summed E-state index contributed by atoms with van der Waals surface area (Å²) >= 11 is 0. The number of aliphatic hydroxyl groups is 3. The smallest absolute Gasteiger partial charge is 0.314 e. The number of rotatable bonds is 4. The Balaban J connectivity index is 0.000000288. The normalized spacial score (nSPS) is 15.5. The van der Waals surface area contributed by atoms with Crippen molar-refractivity contribution in [3.05, 3.63) is 0 Å². The van der Waals surface area contributed by atoms with Crippen LogP contribution in [0.2, 0.25) is 0 Å². The van der Waals surface area contributed by atoms with Gasteiger partial charge in [0.05, 0.1) is 32.7 Å². The minimum absolute atomic E-state index is 0.156. The zero-order valence-electron chi connectivity index (χ0n) is 9.31. The fraction of sp³-hybridized carbons (Fsp3) is 0.800. The van der Waals surface area contributed by atoms with Gasteiger partial charge in [-0.15, -0.1) is 0 Å². The van der Waals surface area contributed by atoms with Crippen molar-refractivity contribution in [2.75, 3.05) is 19.8 Å². The zero-order chi connectivity index (χ0) is 12.6. The van der Waals surface area contributed by atoms with Crippen LogP contribution in [-0.2, 0) is 14.3 Å². The molecule has 3 N–H and O–H groups in total. The van der Waals surface area contributed by atoms with Crippen molar-refractivity contribution in [3.63, 3.8) is 0 Å². The molecule has 1 saturated heterocycles. The van der Waals surface area contributed by atoms with Gasteiger partial charge in [-0.25, -0.2) is 0 Å². The minimum atomic E-state index is -0.667. The highest BCUT2D eigenvalue weighted by molar-refractivity contribution is 5.92. The molecule has 0 spiro atoms. The summed E-state index contributed by atoms with van der Waals surface area (Å²) in [5.41, 5.74) is -0.667. The molecule has 1 aliphatic rings. The van der Waals surface area contributed by atoms with Crippen molar-refractivity contribution in [2.45, 2.75) is 26.2 Å². The molecule has 1 fully saturated rings. The third-order valence-electron chi connectivity index (χ3n) is 2.52. The van der Waals surface area contributed by atoms with E-state index in [4.69, 9.17) is 15.3 Å². The number of carbonyl (C=O) groups is 2. The van der Waals surface area contributed by atoms with Gasteiger partial charge in [-0.2, -0.15) is 0 Å². The average Bonchev–Trinajstić information content (AvgIpc) is 2.67. The molecular weight excluding hydrogens is 216 g/mol. The maximum Gasteiger partial charge on any atom is 0.314 e. The molecule has 6 heteroatoms. The van der Waals surface area contributed by atoms with E-state index in [1.807, 2.05) is 6.92 Å². The lowest BCUT2D eigenvalue weighted by atomic mass is 9.88. The second-order valence-corrected chi connectivity index (χ2v) is 3.67. The third kappa shape index (κ3) is 4.69. The van der Waals surface area contributed by atoms with Crippen LogP contribution in [0, 0.1) is 5.41 Å². The summed E-state index contributed by atoms with van der Waals surface area (Å²) in [6.07, 6.45) is 1.12. The first-order chi connectivity index (χ1) is 7.53. The highest BCUT2D eigenvalue weighted by atomic mass is 16.6. The lowest BCUT2D eigenvalue weighted by Crippen LogP contribution is -2.32. The van der Waals surface area contributed by atoms with Crippen LogP contribution >= 0.6 is 0 Å². The standard InChI is InChI=1S/C6H14O3.C4H4O3/c1-2-6(3-7,4-8)5-9;5-3-1-2-4(6)7-3/h7-9H,2-5H2,1H3;1-2H2. The summed E-state index contributed by atoms with van der Waals surface area (Å²) < 4.78 is 4.08. The third-order valence-corrected chi connectivity index (χ3v) is 2.52. The van der Waals surface area contributed by atoms with Crippen LogP contribution in [0.1, 0.15) is 26.2 Å². The molecule has 0 aromatic rings. The van der Waals surface area contributed by atoms with Gasteiger partial charge in [0, 0.05) is 5.41 Å². The summed E-state index contributed by atoms with van der Waals surface area (Å²) in [4.78, 5) is 20.0. The lowest BCUT2D eigenvalue weighted by Gasteiger charge is -2.24. The Morgan fingerprint density at radius 1 is 1.06 bits per heavy atom. The number of esters is 2. The van der Waals surface area contributed by atoms with Gasteiger partial charge in [-0.3, -0.25) is 9.59 Å². The van der Waals surface area contributed by atoms with Crippen molar-refractivity contribution in [3.8, 4) is 0 Å². The summed E-state index contributed by atoms with van der Waals surface area (Å²) in [5.74, 6) is -0.796. The Bertz CT molecular complexity index is 202. The van der Waals surface area contributed by atoms with E-state index in [1.165, 1.54) is 0 Å². The highest BCUT2D eigenvalue weighted by Crippen LogP contribution is 2.18. The van der Waals surface area contributed by atoms with E-state index in [1.54, 1.807) is 0 Å². The Labute approximate surface area is 93.8 Å². The van der Waals surface area contributed by atoms with Crippen molar-refractivity contribution in [1.82, 2.24) is 0 Å². The van der Waals surface area contributed by atoms with E-state index in [0.717, 1.165) is 0 Å². The average molecular weight is 234 g/mol. The van der Waals surface area contributed by atoms with E-state index in [9.17, 15) is 9.59 Å². The van der Waals surface area contributed by atoms with Gasteiger partial charge >= 0.3 is 11.9 Å². The van der Waals surface area contributed by atoms with Crippen LogP contribution in [0.15, 0.2) is 0 Å². The molecule has 94 valence electrons.